The molecule has 0 saturated heterocycles. The standard InChI is InChI=1S/C16H18F3N5O/c1-10-2-4-13(20-6-10)23-15(25)21-7-11-3-5-14-22-12(16(17,18)19)9-24(14)8-11/h2,4,6,9,11H,3,5,7-8H2,1H3,(H2,20,21,23,25)/t11-/m1/s1. The van der Waals surface area contributed by atoms with Crippen molar-refractivity contribution in [2.75, 3.05) is 11.9 Å². The Kier molecular flexibility index (Phi) is 4.65. The van der Waals surface area contributed by atoms with E-state index >= 15 is 0 Å². The van der Waals surface area contributed by atoms with Crippen LogP contribution in [0, 0.1) is 12.8 Å². The molecular formula is C16H18F3N5O. The smallest absolute Gasteiger partial charge is 0.337 e. The summed E-state index contributed by atoms with van der Waals surface area (Å²) in [6.07, 6.45) is -0.604. The summed E-state index contributed by atoms with van der Waals surface area (Å²) in [7, 11) is 0. The fourth-order valence-corrected chi connectivity index (χ4v) is 2.76. The molecule has 3 heterocycles. The molecule has 0 aromatic carbocycles. The highest BCUT2D eigenvalue weighted by atomic mass is 19.4. The highest BCUT2D eigenvalue weighted by molar-refractivity contribution is 5.88. The Morgan fingerprint density at radius 3 is 2.88 bits per heavy atom. The van der Waals surface area contributed by atoms with Gasteiger partial charge in [-0.25, -0.2) is 14.8 Å². The molecule has 0 bridgehead atoms. The number of urea groups is 1. The highest BCUT2D eigenvalue weighted by Gasteiger charge is 2.35. The number of aryl methyl sites for hydroxylation is 2. The molecule has 25 heavy (non-hydrogen) atoms. The van der Waals surface area contributed by atoms with E-state index < -0.39 is 11.9 Å². The van der Waals surface area contributed by atoms with Gasteiger partial charge in [-0.1, -0.05) is 6.07 Å². The number of rotatable bonds is 3. The Hall–Kier alpha value is -2.58. The van der Waals surface area contributed by atoms with Crippen molar-refractivity contribution in [2.24, 2.45) is 5.92 Å². The van der Waals surface area contributed by atoms with Gasteiger partial charge in [0, 0.05) is 31.9 Å². The van der Waals surface area contributed by atoms with Crippen molar-refractivity contribution in [2.45, 2.75) is 32.5 Å². The number of imidazole rings is 1. The first-order valence-electron chi connectivity index (χ1n) is 7.92. The average Bonchev–Trinajstić information content (AvgIpc) is 2.99. The Labute approximate surface area is 142 Å². The van der Waals surface area contributed by atoms with E-state index in [-0.39, 0.29) is 11.9 Å². The van der Waals surface area contributed by atoms with E-state index in [9.17, 15) is 18.0 Å². The van der Waals surface area contributed by atoms with Gasteiger partial charge in [0.15, 0.2) is 5.69 Å². The summed E-state index contributed by atoms with van der Waals surface area (Å²) >= 11 is 0. The summed E-state index contributed by atoms with van der Waals surface area (Å²) in [5.74, 6) is 0.940. The second-order valence-electron chi connectivity index (χ2n) is 6.15. The largest absolute Gasteiger partial charge is 0.434 e. The number of carbonyl (C=O) groups is 1. The third kappa shape index (κ3) is 4.28. The minimum atomic E-state index is -4.43. The number of aromatic nitrogens is 3. The molecule has 6 nitrogen and oxygen atoms in total. The van der Waals surface area contributed by atoms with Gasteiger partial charge >= 0.3 is 12.2 Å². The van der Waals surface area contributed by atoms with Crippen LogP contribution in [-0.2, 0) is 19.1 Å². The van der Waals surface area contributed by atoms with Gasteiger partial charge in [-0.2, -0.15) is 13.2 Å². The molecule has 2 N–H and O–H groups in total. The molecule has 1 atom stereocenters. The van der Waals surface area contributed by atoms with Crippen LogP contribution in [0.2, 0.25) is 0 Å². The van der Waals surface area contributed by atoms with Gasteiger partial charge in [0.25, 0.3) is 0 Å². The van der Waals surface area contributed by atoms with Gasteiger partial charge in [0.05, 0.1) is 0 Å². The van der Waals surface area contributed by atoms with E-state index in [2.05, 4.69) is 20.6 Å². The van der Waals surface area contributed by atoms with E-state index in [4.69, 9.17) is 0 Å². The number of hydrogen-bond acceptors (Lipinski definition) is 3. The number of fused-ring (bicyclic) bond motifs is 1. The quantitative estimate of drug-likeness (QED) is 0.891. The van der Waals surface area contributed by atoms with Crippen molar-refractivity contribution in [3.63, 3.8) is 0 Å². The lowest BCUT2D eigenvalue weighted by molar-refractivity contribution is -0.141. The maximum Gasteiger partial charge on any atom is 0.434 e. The van der Waals surface area contributed by atoms with Crippen LogP contribution in [0.5, 0.6) is 0 Å². The number of nitrogens with zero attached hydrogens (tertiary/aromatic N) is 3. The summed E-state index contributed by atoms with van der Waals surface area (Å²) < 4.78 is 39.7. The number of nitrogens with one attached hydrogen (secondary N) is 2. The zero-order valence-electron chi connectivity index (χ0n) is 13.6. The average molecular weight is 353 g/mol. The molecule has 1 aliphatic rings. The molecule has 9 heteroatoms. The van der Waals surface area contributed by atoms with Crippen LogP contribution < -0.4 is 10.6 Å². The predicted octanol–water partition coefficient (Wildman–Crippen LogP) is 2.99. The number of pyridine rings is 1. The number of hydrogen-bond donors (Lipinski definition) is 2. The fraction of sp³-hybridized carbons (Fsp3) is 0.438. The molecule has 0 aliphatic carbocycles. The van der Waals surface area contributed by atoms with Crippen molar-refractivity contribution < 1.29 is 18.0 Å². The molecule has 0 radical (unpaired) electrons. The normalized spacial score (nSPS) is 17.0. The molecule has 1 aliphatic heterocycles. The summed E-state index contributed by atoms with van der Waals surface area (Å²) in [5.41, 5.74) is 0.127. The van der Waals surface area contributed by atoms with Crippen LogP contribution in [0.4, 0.5) is 23.8 Å². The monoisotopic (exact) mass is 353 g/mol. The van der Waals surface area contributed by atoms with Crippen molar-refractivity contribution in [3.8, 4) is 0 Å². The van der Waals surface area contributed by atoms with E-state index in [0.29, 0.717) is 37.6 Å². The molecule has 0 saturated carbocycles. The molecule has 0 spiro atoms. The molecule has 0 unspecified atom stereocenters. The van der Waals surface area contributed by atoms with E-state index in [0.717, 1.165) is 11.8 Å². The lowest BCUT2D eigenvalue weighted by Gasteiger charge is -2.23. The molecule has 3 rings (SSSR count). The molecule has 2 amide bonds. The zero-order chi connectivity index (χ0) is 18.0. The number of carbonyl (C=O) groups excluding carboxylic acids is 1. The van der Waals surface area contributed by atoms with Crippen LogP contribution in [0.25, 0.3) is 0 Å². The maximum absolute atomic E-state index is 12.7. The van der Waals surface area contributed by atoms with E-state index in [1.165, 1.54) is 4.57 Å². The van der Waals surface area contributed by atoms with E-state index in [1.807, 2.05) is 13.0 Å². The van der Waals surface area contributed by atoms with Crippen LogP contribution in [-0.4, -0.2) is 27.1 Å². The Morgan fingerprint density at radius 2 is 2.20 bits per heavy atom. The molecular weight excluding hydrogens is 335 g/mol. The Morgan fingerprint density at radius 1 is 1.40 bits per heavy atom. The maximum atomic E-state index is 12.7. The van der Waals surface area contributed by atoms with Crippen molar-refractivity contribution in [3.05, 3.63) is 41.6 Å². The number of amides is 2. The lowest BCUT2D eigenvalue weighted by atomic mass is 9.99. The van der Waals surface area contributed by atoms with Crippen LogP contribution >= 0.6 is 0 Å². The lowest BCUT2D eigenvalue weighted by Crippen LogP contribution is -2.36. The van der Waals surface area contributed by atoms with E-state index in [1.54, 1.807) is 12.3 Å². The predicted molar refractivity (Wildman–Crippen MR) is 85.0 cm³/mol. The first-order valence-corrected chi connectivity index (χ1v) is 7.92. The third-order valence-electron chi connectivity index (χ3n) is 4.08. The highest BCUT2D eigenvalue weighted by Crippen LogP contribution is 2.30. The fourth-order valence-electron chi connectivity index (χ4n) is 2.76. The minimum absolute atomic E-state index is 0.0551. The molecule has 0 fully saturated rings. The summed E-state index contributed by atoms with van der Waals surface area (Å²) in [6, 6.07) is 3.15. The van der Waals surface area contributed by atoms with Gasteiger partial charge < -0.3 is 9.88 Å². The number of anilines is 1. The van der Waals surface area contributed by atoms with Gasteiger partial charge in [-0.15, -0.1) is 0 Å². The first kappa shape index (κ1) is 17.2. The zero-order valence-corrected chi connectivity index (χ0v) is 13.6. The third-order valence-corrected chi connectivity index (χ3v) is 4.08. The topological polar surface area (TPSA) is 71.8 Å². The molecule has 134 valence electrons. The van der Waals surface area contributed by atoms with Crippen molar-refractivity contribution >= 4 is 11.8 Å². The van der Waals surface area contributed by atoms with Gasteiger partial charge in [-0.3, -0.25) is 5.32 Å². The van der Waals surface area contributed by atoms with Gasteiger partial charge in [0.1, 0.15) is 11.6 Å². The molecule has 2 aromatic heterocycles. The van der Waals surface area contributed by atoms with Gasteiger partial charge in [-0.05, 0) is 30.9 Å². The second kappa shape index (κ2) is 6.73. The SMILES string of the molecule is Cc1ccc(NC(=O)NC[C@H]2CCc3nc(C(F)(F)F)cn3C2)nc1. The number of halogens is 3. The summed E-state index contributed by atoms with van der Waals surface area (Å²) in [4.78, 5) is 19.6. The summed E-state index contributed by atoms with van der Waals surface area (Å²) in [5, 5.41) is 5.36. The summed E-state index contributed by atoms with van der Waals surface area (Å²) in [6.45, 7) is 2.67. The second-order valence-corrected chi connectivity index (χ2v) is 6.15. The number of alkyl halides is 3. The Balaban J connectivity index is 1.52. The van der Waals surface area contributed by atoms with Crippen molar-refractivity contribution in [1.29, 1.82) is 0 Å². The Bertz CT molecular complexity index is 754. The van der Waals surface area contributed by atoms with Crippen molar-refractivity contribution in [1.82, 2.24) is 19.9 Å². The van der Waals surface area contributed by atoms with Crippen LogP contribution in [0.1, 0.15) is 23.5 Å². The van der Waals surface area contributed by atoms with Crippen LogP contribution in [0.15, 0.2) is 24.5 Å². The molecule has 2 aromatic rings. The minimum Gasteiger partial charge on any atom is -0.337 e. The first-order chi connectivity index (χ1) is 11.8. The van der Waals surface area contributed by atoms with Gasteiger partial charge in [0.2, 0.25) is 0 Å². The van der Waals surface area contributed by atoms with Crippen LogP contribution in [0.3, 0.4) is 0 Å².